The van der Waals surface area contributed by atoms with Gasteiger partial charge in [-0.3, -0.25) is 9.59 Å². The first kappa shape index (κ1) is 13.0. The Balaban J connectivity index is 2.05. The fraction of sp³-hybridized carbons (Fsp3) is 0.333. The zero-order valence-electron chi connectivity index (χ0n) is 10.5. The molecule has 100 valence electrons. The van der Waals surface area contributed by atoms with Crippen LogP contribution in [0, 0.1) is 6.92 Å². The van der Waals surface area contributed by atoms with Gasteiger partial charge in [-0.05, 0) is 19.4 Å². The topological polar surface area (TPSA) is 96.6 Å². The van der Waals surface area contributed by atoms with Crippen LogP contribution < -0.4 is 5.32 Å². The molecule has 0 unspecified atom stereocenters. The lowest BCUT2D eigenvalue weighted by atomic mass is 10.3. The molecule has 19 heavy (non-hydrogen) atoms. The number of carbonyl (C=O) groups is 2. The third kappa shape index (κ3) is 3.06. The van der Waals surface area contributed by atoms with Crippen LogP contribution in [0.3, 0.4) is 0 Å². The zero-order chi connectivity index (χ0) is 13.8. The highest BCUT2D eigenvalue weighted by Gasteiger charge is 2.13. The first-order chi connectivity index (χ1) is 9.08. The van der Waals surface area contributed by atoms with Gasteiger partial charge < -0.3 is 10.4 Å². The molecule has 1 amide bonds. The number of nitrogens with one attached hydrogen (secondary N) is 1. The van der Waals surface area contributed by atoms with Crippen molar-refractivity contribution in [2.24, 2.45) is 0 Å². The number of carboxylic acid groups (broad SMARTS) is 1. The molecule has 7 heteroatoms. The van der Waals surface area contributed by atoms with Crippen molar-refractivity contribution in [1.29, 1.82) is 0 Å². The standard InChI is InChI=1S/C12H14N4O3/c1-8-4-6-16-11(15-8)9(7-14-16)12(19)13-5-2-3-10(17)18/h4,6-7H,2-3,5H2,1H3,(H,13,19)(H,17,18). The number of rotatable bonds is 5. The molecule has 0 aromatic carbocycles. The Bertz CT molecular complexity index is 620. The number of fused-ring (bicyclic) bond motifs is 1. The Morgan fingerprint density at radius 3 is 3.00 bits per heavy atom. The second-order valence-electron chi connectivity index (χ2n) is 4.15. The molecule has 2 heterocycles. The van der Waals surface area contributed by atoms with Crippen molar-refractivity contribution in [3.63, 3.8) is 0 Å². The van der Waals surface area contributed by atoms with Crippen molar-refractivity contribution in [3.8, 4) is 0 Å². The molecule has 2 aromatic rings. The largest absolute Gasteiger partial charge is 0.481 e. The second-order valence-corrected chi connectivity index (χ2v) is 4.15. The normalized spacial score (nSPS) is 10.6. The van der Waals surface area contributed by atoms with Crippen molar-refractivity contribution in [3.05, 3.63) is 29.7 Å². The lowest BCUT2D eigenvalue weighted by Crippen LogP contribution is -2.24. The third-order valence-electron chi connectivity index (χ3n) is 2.61. The van der Waals surface area contributed by atoms with E-state index in [1.165, 1.54) is 10.7 Å². The third-order valence-corrected chi connectivity index (χ3v) is 2.61. The van der Waals surface area contributed by atoms with E-state index in [2.05, 4.69) is 15.4 Å². The van der Waals surface area contributed by atoms with Gasteiger partial charge in [0.25, 0.3) is 5.91 Å². The van der Waals surface area contributed by atoms with E-state index in [9.17, 15) is 9.59 Å². The lowest BCUT2D eigenvalue weighted by Gasteiger charge is -2.02. The maximum atomic E-state index is 11.9. The van der Waals surface area contributed by atoms with Crippen LogP contribution in [-0.4, -0.2) is 38.1 Å². The van der Waals surface area contributed by atoms with Gasteiger partial charge >= 0.3 is 5.97 Å². The summed E-state index contributed by atoms with van der Waals surface area (Å²) >= 11 is 0. The number of hydrogen-bond acceptors (Lipinski definition) is 4. The predicted molar refractivity (Wildman–Crippen MR) is 66.9 cm³/mol. The minimum Gasteiger partial charge on any atom is -0.481 e. The molecule has 0 atom stereocenters. The molecular weight excluding hydrogens is 248 g/mol. The van der Waals surface area contributed by atoms with E-state index >= 15 is 0 Å². The number of aliphatic carboxylic acids is 1. The van der Waals surface area contributed by atoms with E-state index in [1.54, 1.807) is 12.3 Å². The molecule has 0 aliphatic rings. The first-order valence-corrected chi connectivity index (χ1v) is 5.89. The highest BCUT2D eigenvalue weighted by atomic mass is 16.4. The molecule has 0 radical (unpaired) electrons. The van der Waals surface area contributed by atoms with Gasteiger partial charge in [-0.25, -0.2) is 9.50 Å². The Morgan fingerprint density at radius 1 is 1.47 bits per heavy atom. The molecule has 7 nitrogen and oxygen atoms in total. The van der Waals surface area contributed by atoms with E-state index in [0.717, 1.165) is 5.69 Å². The van der Waals surface area contributed by atoms with E-state index in [1.807, 2.05) is 6.92 Å². The van der Waals surface area contributed by atoms with Gasteiger partial charge in [-0.15, -0.1) is 0 Å². The van der Waals surface area contributed by atoms with E-state index in [-0.39, 0.29) is 12.3 Å². The molecule has 0 saturated carbocycles. The lowest BCUT2D eigenvalue weighted by molar-refractivity contribution is -0.137. The van der Waals surface area contributed by atoms with Crippen LogP contribution >= 0.6 is 0 Å². The van der Waals surface area contributed by atoms with Crippen LogP contribution in [-0.2, 0) is 4.79 Å². The smallest absolute Gasteiger partial charge is 0.303 e. The van der Waals surface area contributed by atoms with Crippen LogP contribution in [0.15, 0.2) is 18.5 Å². The number of carboxylic acids is 1. The second kappa shape index (κ2) is 5.47. The predicted octanol–water partition coefficient (Wildman–Crippen LogP) is 0.632. The Labute approximate surface area is 109 Å². The summed E-state index contributed by atoms with van der Waals surface area (Å²) in [6.45, 7) is 2.15. The summed E-state index contributed by atoms with van der Waals surface area (Å²) in [7, 11) is 0. The molecule has 2 N–H and O–H groups in total. The highest BCUT2D eigenvalue weighted by Crippen LogP contribution is 2.08. The molecule has 0 spiro atoms. The average Bonchev–Trinajstić information content (AvgIpc) is 2.77. The summed E-state index contributed by atoms with van der Waals surface area (Å²) < 4.78 is 1.53. The number of carbonyl (C=O) groups excluding carboxylic acids is 1. The molecule has 0 saturated heterocycles. The molecule has 0 fully saturated rings. The summed E-state index contributed by atoms with van der Waals surface area (Å²) in [5.74, 6) is -1.17. The maximum absolute atomic E-state index is 11.9. The fourth-order valence-corrected chi connectivity index (χ4v) is 1.66. The van der Waals surface area contributed by atoms with Crippen molar-refractivity contribution in [2.45, 2.75) is 19.8 Å². The summed E-state index contributed by atoms with van der Waals surface area (Å²) in [4.78, 5) is 26.5. The molecule has 0 bridgehead atoms. The molecule has 2 aromatic heterocycles. The van der Waals surface area contributed by atoms with Crippen LogP contribution in [0.1, 0.15) is 28.9 Å². The SMILES string of the molecule is Cc1ccn2ncc(C(=O)NCCCC(=O)O)c2n1. The zero-order valence-corrected chi connectivity index (χ0v) is 10.5. The minimum absolute atomic E-state index is 0.0341. The van der Waals surface area contributed by atoms with Gasteiger partial charge in [0.05, 0.1) is 6.20 Å². The quantitative estimate of drug-likeness (QED) is 0.770. The summed E-state index contributed by atoms with van der Waals surface area (Å²) in [6, 6.07) is 1.80. The van der Waals surface area contributed by atoms with Crippen LogP contribution in [0.5, 0.6) is 0 Å². The van der Waals surface area contributed by atoms with Crippen molar-refractivity contribution in [2.75, 3.05) is 6.54 Å². The van der Waals surface area contributed by atoms with Gasteiger partial charge in [-0.2, -0.15) is 5.10 Å². The number of aromatic nitrogens is 3. The van der Waals surface area contributed by atoms with Crippen molar-refractivity contribution >= 4 is 17.5 Å². The van der Waals surface area contributed by atoms with Gasteiger partial charge in [0, 0.05) is 24.9 Å². The monoisotopic (exact) mass is 262 g/mol. The van der Waals surface area contributed by atoms with Gasteiger partial charge in [0.1, 0.15) is 5.56 Å². The van der Waals surface area contributed by atoms with Crippen LogP contribution in [0.4, 0.5) is 0 Å². The fourth-order valence-electron chi connectivity index (χ4n) is 1.66. The molecule has 2 rings (SSSR count). The van der Waals surface area contributed by atoms with Crippen LogP contribution in [0.2, 0.25) is 0 Å². The average molecular weight is 262 g/mol. The highest BCUT2D eigenvalue weighted by molar-refractivity contribution is 5.99. The number of nitrogens with zero attached hydrogens (tertiary/aromatic N) is 3. The summed E-state index contributed by atoms with van der Waals surface area (Å²) in [6.07, 6.45) is 3.62. The van der Waals surface area contributed by atoms with Gasteiger partial charge in [0.15, 0.2) is 5.65 Å². The van der Waals surface area contributed by atoms with Crippen LogP contribution in [0.25, 0.3) is 5.65 Å². The van der Waals surface area contributed by atoms with Crippen molar-refractivity contribution < 1.29 is 14.7 Å². The number of amides is 1. The minimum atomic E-state index is -0.873. The molecule has 0 aliphatic heterocycles. The number of aryl methyl sites for hydroxylation is 1. The summed E-state index contributed by atoms with van der Waals surface area (Å²) in [5.41, 5.74) is 1.68. The van der Waals surface area contributed by atoms with E-state index in [0.29, 0.717) is 24.2 Å². The first-order valence-electron chi connectivity index (χ1n) is 5.89. The molecule has 0 aliphatic carbocycles. The van der Waals surface area contributed by atoms with Crippen molar-refractivity contribution in [1.82, 2.24) is 19.9 Å². The Hall–Kier alpha value is -2.44. The van der Waals surface area contributed by atoms with Gasteiger partial charge in [0.2, 0.25) is 0 Å². The summed E-state index contributed by atoms with van der Waals surface area (Å²) in [5, 5.41) is 15.2. The Morgan fingerprint density at radius 2 is 2.26 bits per heavy atom. The van der Waals surface area contributed by atoms with Gasteiger partial charge in [-0.1, -0.05) is 0 Å². The molecular formula is C12H14N4O3. The maximum Gasteiger partial charge on any atom is 0.303 e. The van der Waals surface area contributed by atoms with E-state index in [4.69, 9.17) is 5.11 Å². The number of hydrogen-bond donors (Lipinski definition) is 2. The Kier molecular flexibility index (Phi) is 3.74. The van der Waals surface area contributed by atoms with E-state index < -0.39 is 5.97 Å².